The fourth-order valence-corrected chi connectivity index (χ4v) is 7.72. The van der Waals surface area contributed by atoms with Crippen LogP contribution in [0.3, 0.4) is 0 Å². The second-order valence-corrected chi connectivity index (χ2v) is 15.2. The maximum atomic E-state index is 14.4. The van der Waals surface area contributed by atoms with Gasteiger partial charge in [-0.15, -0.1) is 6.58 Å². The van der Waals surface area contributed by atoms with E-state index in [-0.39, 0.29) is 37.9 Å². The Morgan fingerprint density at radius 1 is 0.902 bits per heavy atom. The molecule has 0 fully saturated rings. The molecule has 5 atom stereocenters. The van der Waals surface area contributed by atoms with Gasteiger partial charge in [-0.2, -0.15) is 0 Å². The van der Waals surface area contributed by atoms with Crippen molar-refractivity contribution in [3.63, 3.8) is 0 Å². The average molecular weight is 860 g/mol. The van der Waals surface area contributed by atoms with E-state index in [1.165, 1.54) is 40.7 Å². The molecule has 3 aromatic carbocycles. The van der Waals surface area contributed by atoms with Crippen molar-refractivity contribution in [1.82, 2.24) is 35.3 Å². The lowest BCUT2D eigenvalue weighted by molar-refractivity contribution is -0.120. The summed E-state index contributed by atoms with van der Waals surface area (Å²) in [5.74, 6) is -5.11. The molecular weight excluding hydrogens is 819 g/mol. The van der Waals surface area contributed by atoms with Crippen molar-refractivity contribution >= 4 is 61.6 Å². The van der Waals surface area contributed by atoms with Gasteiger partial charge in [-0.25, -0.2) is 31.3 Å². The first-order valence-corrected chi connectivity index (χ1v) is 20.2. The Kier molecular flexibility index (Phi) is 14.6. The number of benzene rings is 3. The standard InChI is InChI=1S/C42H41F4N9O5S/c1-3-13-54(31-5-7-33-35(23-31)49-11-9-47-33)39(56)37(19-25-15-27(43)21-28(44)16-25)51-41(58)52-42(59)61(60)53-38(20-26-17-29(45)22-30(46)18-26)40(57)55(14-4-2)32-6-8-34-36(24-32)50-12-10-48-34/h3,5-12,15,17-18,21-25,37-38,40,53,57H,1,4,13-14,16,19-20H2,2H3,(H2,51,52,58,59)/t25?,37?,38-,40?,61?/m0/s1. The van der Waals surface area contributed by atoms with Crippen molar-refractivity contribution in [2.45, 2.75) is 50.9 Å². The number of nitrogens with one attached hydrogen (secondary N) is 3. The van der Waals surface area contributed by atoms with Crippen LogP contribution in [0, 0.1) is 17.6 Å². The van der Waals surface area contributed by atoms with Gasteiger partial charge in [0.25, 0.3) is 0 Å². The molecule has 19 heteroatoms. The minimum atomic E-state index is -2.81. The lowest BCUT2D eigenvalue weighted by Crippen LogP contribution is -2.56. The topological polar surface area (TPSA) is 183 Å². The van der Waals surface area contributed by atoms with Crippen LogP contribution in [0.15, 0.2) is 116 Å². The molecule has 4 unspecified atom stereocenters. The third kappa shape index (κ3) is 11.4. The van der Waals surface area contributed by atoms with Crippen molar-refractivity contribution in [3.8, 4) is 0 Å². The highest BCUT2D eigenvalue weighted by Gasteiger charge is 2.33. The second-order valence-electron chi connectivity index (χ2n) is 14.1. The van der Waals surface area contributed by atoms with Crippen molar-refractivity contribution in [2.24, 2.45) is 5.92 Å². The van der Waals surface area contributed by atoms with Gasteiger partial charge in [-0.1, -0.05) is 13.0 Å². The minimum absolute atomic E-state index is 0.0494. The van der Waals surface area contributed by atoms with Gasteiger partial charge in [0.05, 0.1) is 28.1 Å². The summed E-state index contributed by atoms with van der Waals surface area (Å²) in [5.41, 5.74) is 2.91. The molecule has 14 nitrogen and oxygen atoms in total. The van der Waals surface area contributed by atoms with Gasteiger partial charge in [0, 0.05) is 67.8 Å². The summed E-state index contributed by atoms with van der Waals surface area (Å²) >= 11 is 0. The number of nitrogens with zero attached hydrogens (tertiary/aromatic N) is 6. The summed E-state index contributed by atoms with van der Waals surface area (Å²) in [5, 5.41) is 14.7. The van der Waals surface area contributed by atoms with Gasteiger partial charge >= 0.3 is 11.3 Å². The van der Waals surface area contributed by atoms with Crippen molar-refractivity contribution in [3.05, 3.63) is 133 Å². The molecule has 6 rings (SSSR count). The van der Waals surface area contributed by atoms with Crippen molar-refractivity contribution < 1.29 is 41.3 Å². The number of imide groups is 1. The predicted molar refractivity (Wildman–Crippen MR) is 222 cm³/mol. The number of rotatable bonds is 16. The van der Waals surface area contributed by atoms with Gasteiger partial charge in [0.15, 0.2) is 11.0 Å². The Morgan fingerprint density at radius 2 is 1.51 bits per heavy atom. The quantitative estimate of drug-likeness (QED) is 0.0494. The van der Waals surface area contributed by atoms with Gasteiger partial charge in [-0.3, -0.25) is 34.8 Å². The van der Waals surface area contributed by atoms with Crippen LogP contribution in [0.2, 0.25) is 0 Å². The molecule has 4 amide bonds. The lowest BCUT2D eigenvalue weighted by Gasteiger charge is -2.35. The van der Waals surface area contributed by atoms with E-state index in [0.717, 1.165) is 18.2 Å². The molecule has 2 heterocycles. The number of aliphatic hydroxyl groups is 1. The van der Waals surface area contributed by atoms with E-state index in [1.54, 1.807) is 36.4 Å². The van der Waals surface area contributed by atoms with Crippen LogP contribution in [0.1, 0.15) is 31.7 Å². The number of halogens is 4. The lowest BCUT2D eigenvalue weighted by atomic mass is 9.91. The molecule has 1 aliphatic rings. The monoisotopic (exact) mass is 859 g/mol. The van der Waals surface area contributed by atoms with Crippen LogP contribution >= 0.6 is 0 Å². The van der Waals surface area contributed by atoms with E-state index in [2.05, 4.69) is 36.6 Å². The Hall–Kier alpha value is -6.44. The highest BCUT2D eigenvalue weighted by Crippen LogP contribution is 2.29. The van der Waals surface area contributed by atoms with E-state index in [1.807, 2.05) is 12.2 Å². The molecule has 1 aliphatic carbocycles. The van der Waals surface area contributed by atoms with E-state index >= 15 is 0 Å². The molecule has 0 radical (unpaired) electrons. The van der Waals surface area contributed by atoms with Crippen LogP contribution in [-0.2, 0) is 22.2 Å². The summed E-state index contributed by atoms with van der Waals surface area (Å²) in [6, 6.07) is 8.37. The first-order chi connectivity index (χ1) is 29.3. The first kappa shape index (κ1) is 44.1. The number of amides is 4. The number of fused-ring (bicyclic) bond motifs is 2. The SMILES string of the molecule is C=CCN(C(=O)C(CC1C=C(F)C=C(F)C1)NC(=O)NC(=O)S(=O)N[C@@H](Cc1cc(F)cc(F)c1)C(O)N(CCC)c1ccc2nccnc2c1)c1ccc2nccnc2c1. The minimum Gasteiger partial charge on any atom is -0.372 e. The molecule has 0 saturated carbocycles. The Bertz CT molecular complexity index is 2510. The van der Waals surface area contributed by atoms with E-state index in [4.69, 9.17) is 0 Å². The first-order valence-electron chi connectivity index (χ1n) is 19.1. The van der Waals surface area contributed by atoms with Crippen LogP contribution in [0.25, 0.3) is 22.1 Å². The zero-order valence-corrected chi connectivity index (χ0v) is 33.5. The third-order valence-electron chi connectivity index (χ3n) is 9.58. The van der Waals surface area contributed by atoms with E-state index < -0.39 is 75.7 Å². The number of hydrogen-bond acceptors (Lipinski definition) is 10. The zero-order chi connectivity index (χ0) is 43.6. The summed E-state index contributed by atoms with van der Waals surface area (Å²) in [6.07, 6.45) is 7.21. The van der Waals surface area contributed by atoms with Crippen LogP contribution < -0.4 is 25.2 Å². The number of aliphatic hydroxyl groups excluding tert-OH is 1. The van der Waals surface area contributed by atoms with Crippen LogP contribution in [0.5, 0.6) is 0 Å². The molecule has 318 valence electrons. The largest absolute Gasteiger partial charge is 0.372 e. The highest BCUT2D eigenvalue weighted by atomic mass is 32.2. The van der Waals surface area contributed by atoms with Gasteiger partial charge < -0.3 is 20.2 Å². The fraction of sp³-hybridized carbons (Fsp3) is 0.262. The molecule has 0 aliphatic heterocycles. The second kappa shape index (κ2) is 20.2. The molecule has 61 heavy (non-hydrogen) atoms. The molecule has 4 N–H and O–H groups in total. The van der Waals surface area contributed by atoms with E-state index in [0.29, 0.717) is 52.0 Å². The van der Waals surface area contributed by atoms with Gasteiger partial charge in [0.1, 0.15) is 35.6 Å². The number of aromatic nitrogens is 4. The Morgan fingerprint density at radius 3 is 2.11 bits per heavy atom. The number of allylic oxidation sites excluding steroid dienone is 4. The molecule has 0 bridgehead atoms. The predicted octanol–water partition coefficient (Wildman–Crippen LogP) is 6.37. The van der Waals surface area contributed by atoms with Crippen LogP contribution in [0.4, 0.5) is 38.5 Å². The van der Waals surface area contributed by atoms with Crippen molar-refractivity contribution in [1.29, 1.82) is 0 Å². The number of hydrogen-bond donors (Lipinski definition) is 4. The summed E-state index contributed by atoms with van der Waals surface area (Å²) < 4.78 is 73.4. The zero-order valence-electron chi connectivity index (χ0n) is 32.7. The summed E-state index contributed by atoms with van der Waals surface area (Å²) in [7, 11) is -2.81. The van der Waals surface area contributed by atoms with Crippen LogP contribution in [-0.4, -0.2) is 77.8 Å². The number of carbonyl (C=O) groups is 3. The summed E-state index contributed by atoms with van der Waals surface area (Å²) in [6.45, 7) is 5.72. The summed E-state index contributed by atoms with van der Waals surface area (Å²) in [4.78, 5) is 60.9. The fourth-order valence-electron chi connectivity index (χ4n) is 6.94. The Balaban J connectivity index is 1.23. The maximum Gasteiger partial charge on any atom is 0.332 e. The molecule has 0 spiro atoms. The average Bonchev–Trinajstić information content (AvgIpc) is 3.22. The number of anilines is 2. The Labute approximate surface area is 350 Å². The third-order valence-corrected chi connectivity index (χ3v) is 10.5. The number of urea groups is 1. The highest BCUT2D eigenvalue weighted by molar-refractivity contribution is 7.98. The molecule has 5 aromatic rings. The van der Waals surface area contributed by atoms with Crippen molar-refractivity contribution in [2.75, 3.05) is 22.9 Å². The smallest absolute Gasteiger partial charge is 0.332 e. The molecular formula is C42H41F4N9O5S. The molecule has 2 aromatic heterocycles. The molecule has 0 saturated heterocycles. The maximum absolute atomic E-state index is 14.4. The normalized spacial score (nSPS) is 15.8. The van der Waals surface area contributed by atoms with Gasteiger partial charge in [-0.05, 0) is 85.4 Å². The number of carbonyl (C=O) groups excluding carboxylic acids is 3. The van der Waals surface area contributed by atoms with E-state index in [9.17, 15) is 41.3 Å². The van der Waals surface area contributed by atoms with Gasteiger partial charge in [0.2, 0.25) is 5.91 Å².